The van der Waals surface area contributed by atoms with Crippen molar-refractivity contribution in [1.29, 1.82) is 0 Å². The number of para-hydroxylation sites is 1. The second-order valence-corrected chi connectivity index (χ2v) is 7.24. The van der Waals surface area contributed by atoms with E-state index in [0.717, 1.165) is 27.9 Å². The van der Waals surface area contributed by atoms with Crippen LogP contribution in [0.4, 0.5) is 0 Å². The van der Waals surface area contributed by atoms with Crippen LogP contribution in [0.2, 0.25) is 0 Å². The molecule has 3 heterocycles. The van der Waals surface area contributed by atoms with E-state index >= 15 is 0 Å². The number of nitrogens with zero attached hydrogens (tertiary/aromatic N) is 2. The molecule has 1 aromatic carbocycles. The Balaban J connectivity index is 2.20. The molecule has 0 bridgehead atoms. The minimum atomic E-state index is -0.688. The van der Waals surface area contributed by atoms with Gasteiger partial charge < -0.3 is 19.8 Å². The largest absolute Gasteiger partial charge is 0.496 e. The minimum Gasteiger partial charge on any atom is -0.496 e. The second-order valence-electron chi connectivity index (χ2n) is 7.24. The quantitative estimate of drug-likeness (QED) is 0.746. The third-order valence-electron chi connectivity index (χ3n) is 5.20. The summed E-state index contributed by atoms with van der Waals surface area (Å²) in [5.41, 5.74) is 9.99. The number of nitrogens with two attached hydrogens (primary N) is 1. The molecule has 6 nitrogen and oxygen atoms in total. The van der Waals surface area contributed by atoms with Crippen molar-refractivity contribution in [2.24, 2.45) is 5.73 Å². The van der Waals surface area contributed by atoms with E-state index in [0.29, 0.717) is 23.7 Å². The Bertz CT molecular complexity index is 1080. The van der Waals surface area contributed by atoms with Crippen LogP contribution in [-0.4, -0.2) is 22.6 Å². The van der Waals surface area contributed by atoms with Crippen LogP contribution >= 0.6 is 0 Å². The summed E-state index contributed by atoms with van der Waals surface area (Å²) in [6.45, 7) is 6.58. The summed E-state index contributed by atoms with van der Waals surface area (Å²) in [6, 6.07) is 9.56. The van der Waals surface area contributed by atoms with Crippen molar-refractivity contribution >= 4 is 5.91 Å². The van der Waals surface area contributed by atoms with Gasteiger partial charge in [0.15, 0.2) is 0 Å². The number of primary amides is 1. The molecule has 6 heteroatoms. The molecule has 0 atom stereocenters. The van der Waals surface area contributed by atoms with E-state index in [-0.39, 0.29) is 0 Å². The lowest BCUT2D eigenvalue weighted by molar-refractivity contribution is 0.0992. The molecule has 0 radical (unpaired) electrons. The zero-order chi connectivity index (χ0) is 20.1. The first-order chi connectivity index (χ1) is 13.4. The van der Waals surface area contributed by atoms with Crippen LogP contribution in [0.1, 0.15) is 36.8 Å². The van der Waals surface area contributed by atoms with E-state index in [1.165, 1.54) is 0 Å². The number of hydrogen-bond acceptors (Lipinski definition) is 4. The average Bonchev–Trinajstić information content (AvgIpc) is 3.04. The Morgan fingerprint density at radius 1 is 1.25 bits per heavy atom. The lowest BCUT2D eigenvalue weighted by atomic mass is 9.85. The molecule has 0 fully saturated rings. The van der Waals surface area contributed by atoms with Crippen molar-refractivity contribution in [2.75, 3.05) is 7.11 Å². The molecule has 1 aliphatic rings. The lowest BCUT2D eigenvalue weighted by Crippen LogP contribution is -2.30. The van der Waals surface area contributed by atoms with Crippen molar-refractivity contribution in [3.8, 4) is 33.9 Å². The molecule has 0 saturated heterocycles. The van der Waals surface area contributed by atoms with Gasteiger partial charge in [-0.25, -0.2) is 0 Å². The Morgan fingerprint density at radius 3 is 2.68 bits per heavy atom. The van der Waals surface area contributed by atoms with E-state index in [1.54, 1.807) is 19.5 Å². The number of benzene rings is 1. The fourth-order valence-corrected chi connectivity index (χ4v) is 4.15. The number of methoxy groups -OCH3 is 1. The summed E-state index contributed by atoms with van der Waals surface area (Å²) in [6.07, 6.45) is 3.43. The summed E-state index contributed by atoms with van der Waals surface area (Å²) in [7, 11) is 1.62. The van der Waals surface area contributed by atoms with Gasteiger partial charge in [-0.3, -0.25) is 9.78 Å². The van der Waals surface area contributed by atoms with E-state index in [2.05, 4.69) is 4.98 Å². The first-order valence-corrected chi connectivity index (χ1v) is 9.24. The molecule has 144 valence electrons. The maximum absolute atomic E-state index is 12.6. The maximum atomic E-state index is 12.6. The average molecular weight is 377 g/mol. The molecule has 0 spiro atoms. The fraction of sp³-hybridized carbons (Fsp3) is 0.273. The number of pyridine rings is 1. The summed E-state index contributed by atoms with van der Waals surface area (Å²) in [5, 5.41) is 0. The molecular formula is C22H23N3O3. The normalized spacial score (nSPS) is 14.0. The molecule has 1 aliphatic heterocycles. The highest BCUT2D eigenvalue weighted by atomic mass is 16.5. The van der Waals surface area contributed by atoms with Gasteiger partial charge >= 0.3 is 0 Å². The van der Waals surface area contributed by atoms with E-state index in [4.69, 9.17) is 15.2 Å². The van der Waals surface area contributed by atoms with Crippen LogP contribution in [0.3, 0.4) is 0 Å². The molecule has 2 N–H and O–H groups in total. The number of fused-ring (bicyclic) bond motifs is 3. The van der Waals surface area contributed by atoms with Crippen LogP contribution in [0.15, 0.2) is 42.7 Å². The van der Waals surface area contributed by atoms with Gasteiger partial charge in [0.05, 0.1) is 19.0 Å². The second kappa shape index (κ2) is 6.41. The maximum Gasteiger partial charge on any atom is 0.266 e. The lowest BCUT2D eigenvalue weighted by Gasteiger charge is -2.34. The van der Waals surface area contributed by atoms with Crippen LogP contribution < -0.4 is 15.2 Å². The molecule has 3 aromatic rings. The Morgan fingerprint density at radius 2 is 2.00 bits per heavy atom. The zero-order valence-electron chi connectivity index (χ0n) is 16.4. The molecular weight excluding hydrogens is 354 g/mol. The van der Waals surface area contributed by atoms with Crippen molar-refractivity contribution in [2.45, 2.75) is 32.9 Å². The molecule has 4 rings (SSSR count). The molecule has 0 saturated carbocycles. The third-order valence-corrected chi connectivity index (χ3v) is 5.20. The smallest absolute Gasteiger partial charge is 0.266 e. The van der Waals surface area contributed by atoms with Gasteiger partial charge in [-0.05, 0) is 32.9 Å². The van der Waals surface area contributed by atoms with Gasteiger partial charge in [0.25, 0.3) is 5.91 Å². The number of carbonyl (C=O) groups excluding carboxylic acids is 1. The summed E-state index contributed by atoms with van der Waals surface area (Å²) >= 11 is 0. The fourth-order valence-electron chi connectivity index (χ4n) is 4.15. The predicted molar refractivity (Wildman–Crippen MR) is 107 cm³/mol. The first-order valence-electron chi connectivity index (χ1n) is 9.24. The standard InChI is InChI=1S/C22H23N3O3/c1-5-25-19-14-10-11-24-12-16(14)28-22(2,3)18(19)17(20(25)21(23)26)13-8-6-7-9-15(13)27-4/h6-12H,5H2,1-4H3,(H2,23,26). The first kappa shape index (κ1) is 18.1. The Hall–Kier alpha value is -3.28. The number of ether oxygens (including phenoxy) is 2. The highest BCUT2D eigenvalue weighted by molar-refractivity contribution is 6.03. The number of aromatic nitrogens is 2. The summed E-state index contributed by atoms with van der Waals surface area (Å²) < 4.78 is 13.9. The summed E-state index contributed by atoms with van der Waals surface area (Å²) in [5.74, 6) is 0.885. The van der Waals surface area contributed by atoms with Crippen LogP contribution in [0.25, 0.3) is 22.4 Å². The van der Waals surface area contributed by atoms with Crippen molar-refractivity contribution in [1.82, 2.24) is 9.55 Å². The molecule has 2 aromatic heterocycles. The number of amides is 1. The highest BCUT2D eigenvalue weighted by Crippen LogP contribution is 2.52. The van der Waals surface area contributed by atoms with E-state index < -0.39 is 11.5 Å². The van der Waals surface area contributed by atoms with Gasteiger partial charge in [-0.15, -0.1) is 0 Å². The van der Waals surface area contributed by atoms with Crippen molar-refractivity contribution in [3.63, 3.8) is 0 Å². The van der Waals surface area contributed by atoms with Gasteiger partial charge in [0.1, 0.15) is 22.8 Å². The number of hydrogen-bond donors (Lipinski definition) is 1. The number of rotatable bonds is 4. The van der Waals surface area contributed by atoms with Gasteiger partial charge in [0, 0.05) is 35.0 Å². The van der Waals surface area contributed by atoms with Gasteiger partial charge in [-0.1, -0.05) is 18.2 Å². The predicted octanol–water partition coefficient (Wildman–Crippen LogP) is 3.97. The highest BCUT2D eigenvalue weighted by Gasteiger charge is 2.41. The van der Waals surface area contributed by atoms with Crippen molar-refractivity contribution in [3.05, 3.63) is 54.0 Å². The molecule has 28 heavy (non-hydrogen) atoms. The molecule has 0 aliphatic carbocycles. The van der Waals surface area contributed by atoms with Crippen LogP contribution in [-0.2, 0) is 12.1 Å². The van der Waals surface area contributed by atoms with Gasteiger partial charge in [0.2, 0.25) is 0 Å². The monoisotopic (exact) mass is 377 g/mol. The Kier molecular flexibility index (Phi) is 4.14. The zero-order valence-corrected chi connectivity index (χ0v) is 16.4. The van der Waals surface area contributed by atoms with Crippen molar-refractivity contribution < 1.29 is 14.3 Å². The SMILES string of the molecule is CCn1c(C(N)=O)c(-c2ccccc2OC)c2c1-c1ccncc1OC2(C)C. The van der Waals surface area contributed by atoms with E-state index in [1.807, 2.05) is 55.7 Å². The third kappa shape index (κ3) is 2.48. The number of carbonyl (C=O) groups is 1. The van der Waals surface area contributed by atoms with Crippen LogP contribution in [0.5, 0.6) is 11.5 Å². The summed E-state index contributed by atoms with van der Waals surface area (Å²) in [4.78, 5) is 16.8. The molecule has 0 unspecified atom stereocenters. The Labute approximate surface area is 163 Å². The molecule has 1 amide bonds. The topological polar surface area (TPSA) is 79.4 Å². The van der Waals surface area contributed by atoms with Crippen LogP contribution in [0, 0.1) is 0 Å². The van der Waals surface area contributed by atoms with Gasteiger partial charge in [-0.2, -0.15) is 0 Å². The van der Waals surface area contributed by atoms with E-state index in [9.17, 15) is 4.79 Å². The minimum absolute atomic E-state index is 0.457.